The van der Waals surface area contributed by atoms with Gasteiger partial charge in [0.25, 0.3) is 5.56 Å². The third-order valence-electron chi connectivity index (χ3n) is 3.06. The molecule has 14 heteroatoms. The summed E-state index contributed by atoms with van der Waals surface area (Å²) in [6.07, 6.45) is 2.53. The second kappa shape index (κ2) is 7.48. The zero-order chi connectivity index (χ0) is 18.8. The molecule has 1 aromatic heterocycles. The molecule has 0 bridgehead atoms. The smallest absolute Gasteiger partial charge is 0.344 e. The molecule has 0 radical (unpaired) electrons. The number of nitrogens with zero attached hydrogens (tertiary/aromatic N) is 1. The number of phosphoric ester groups is 2. The summed E-state index contributed by atoms with van der Waals surface area (Å²) in [5, 5.41) is 0. The van der Waals surface area contributed by atoms with Gasteiger partial charge >= 0.3 is 21.3 Å². The van der Waals surface area contributed by atoms with E-state index in [0.717, 1.165) is 11.7 Å². The zero-order valence-corrected chi connectivity index (χ0v) is 14.9. The molecule has 2 heterocycles. The third-order valence-corrected chi connectivity index (χ3v) is 5.65. The van der Waals surface area contributed by atoms with Gasteiger partial charge in [-0.3, -0.25) is 23.4 Å². The van der Waals surface area contributed by atoms with Crippen LogP contribution in [0.3, 0.4) is 0 Å². The highest BCUT2D eigenvalue weighted by Gasteiger charge is 2.35. The maximum Gasteiger partial charge on any atom is 0.481 e. The minimum atomic E-state index is -4.87. The van der Waals surface area contributed by atoms with Crippen LogP contribution in [0.25, 0.3) is 0 Å². The standard InChI is InChI=1S/C11H16N2O10P2/c1-7-5-13(11(15)12-10(7)14)9-4-3-8(22-9)6-21-25(18,19)23-24(16,17)20-2/h3-5,8-9H,6H2,1-2H3,(H,16,17)(H,18,19)(H,12,14,15)/t8-,9+/m0/s1. The van der Waals surface area contributed by atoms with Crippen LogP contribution in [0.4, 0.5) is 0 Å². The summed E-state index contributed by atoms with van der Waals surface area (Å²) in [5.74, 6) is 0. The topological polar surface area (TPSA) is 166 Å². The summed E-state index contributed by atoms with van der Waals surface area (Å²) in [6, 6.07) is 0. The number of aryl methyl sites for hydroxylation is 1. The first kappa shape index (κ1) is 20.0. The fraction of sp³-hybridized carbons (Fsp3) is 0.455. The summed E-state index contributed by atoms with van der Waals surface area (Å²) >= 11 is 0. The van der Waals surface area contributed by atoms with Gasteiger partial charge in [0, 0.05) is 18.9 Å². The van der Waals surface area contributed by atoms with Crippen molar-refractivity contribution < 1.29 is 37.0 Å². The summed E-state index contributed by atoms with van der Waals surface area (Å²) in [6.45, 7) is 1.01. The van der Waals surface area contributed by atoms with Crippen molar-refractivity contribution >= 4 is 15.6 Å². The van der Waals surface area contributed by atoms with Crippen molar-refractivity contribution in [3.63, 3.8) is 0 Å². The minimum absolute atomic E-state index is 0.294. The van der Waals surface area contributed by atoms with Crippen molar-refractivity contribution in [1.29, 1.82) is 0 Å². The molecular formula is C11H16N2O10P2. The molecule has 0 aromatic carbocycles. The van der Waals surface area contributed by atoms with E-state index in [4.69, 9.17) is 9.63 Å². The van der Waals surface area contributed by atoms with E-state index in [0.29, 0.717) is 5.56 Å². The van der Waals surface area contributed by atoms with E-state index in [9.17, 15) is 23.6 Å². The number of H-pyrrole nitrogens is 1. The number of hydrogen-bond donors (Lipinski definition) is 3. The molecule has 0 saturated carbocycles. The second-order valence-corrected chi connectivity index (χ2v) is 8.08. The Morgan fingerprint density at radius 1 is 1.28 bits per heavy atom. The molecule has 1 aliphatic rings. The first-order valence-corrected chi connectivity index (χ1v) is 9.75. The Morgan fingerprint density at radius 2 is 1.96 bits per heavy atom. The fourth-order valence-corrected chi connectivity index (χ4v) is 3.71. The number of rotatable bonds is 7. The van der Waals surface area contributed by atoms with E-state index in [2.05, 4.69) is 18.3 Å². The molecule has 1 aliphatic heterocycles. The summed E-state index contributed by atoms with van der Waals surface area (Å²) < 4.78 is 41.8. The molecule has 1 aromatic rings. The molecule has 4 atom stereocenters. The van der Waals surface area contributed by atoms with Gasteiger partial charge in [0.1, 0.15) is 6.10 Å². The van der Waals surface area contributed by atoms with Crippen molar-refractivity contribution in [2.24, 2.45) is 0 Å². The third kappa shape index (κ3) is 5.30. The van der Waals surface area contributed by atoms with Crippen molar-refractivity contribution in [2.75, 3.05) is 13.7 Å². The predicted molar refractivity (Wildman–Crippen MR) is 82.8 cm³/mol. The highest BCUT2D eigenvalue weighted by molar-refractivity contribution is 7.61. The van der Waals surface area contributed by atoms with Gasteiger partial charge in [-0.25, -0.2) is 13.9 Å². The molecule has 2 unspecified atom stereocenters. The molecule has 0 spiro atoms. The van der Waals surface area contributed by atoms with Crippen LogP contribution in [0.1, 0.15) is 11.8 Å². The monoisotopic (exact) mass is 398 g/mol. The Balaban J connectivity index is 1.98. The number of phosphoric acid groups is 2. The van der Waals surface area contributed by atoms with Gasteiger partial charge in [-0.15, -0.1) is 0 Å². The molecule has 25 heavy (non-hydrogen) atoms. The van der Waals surface area contributed by atoms with Crippen LogP contribution in [0.15, 0.2) is 27.9 Å². The number of aromatic nitrogens is 2. The molecule has 12 nitrogen and oxygen atoms in total. The predicted octanol–water partition coefficient (Wildman–Crippen LogP) is 0.179. The average Bonchev–Trinajstić information content (AvgIpc) is 2.97. The van der Waals surface area contributed by atoms with Gasteiger partial charge in [-0.2, -0.15) is 4.31 Å². The second-order valence-electron chi connectivity index (χ2n) is 4.93. The largest absolute Gasteiger partial charge is 0.481 e. The van der Waals surface area contributed by atoms with Crippen LogP contribution in [-0.4, -0.2) is 39.2 Å². The van der Waals surface area contributed by atoms with Crippen LogP contribution in [0, 0.1) is 6.92 Å². The molecule has 0 saturated heterocycles. The van der Waals surface area contributed by atoms with E-state index < -0.39 is 45.8 Å². The Hall–Kier alpha value is -1.36. The lowest BCUT2D eigenvalue weighted by molar-refractivity contribution is -0.0105. The number of aromatic amines is 1. The highest BCUT2D eigenvalue weighted by atomic mass is 31.3. The van der Waals surface area contributed by atoms with Crippen molar-refractivity contribution in [2.45, 2.75) is 19.3 Å². The van der Waals surface area contributed by atoms with E-state index in [1.54, 1.807) is 0 Å². The van der Waals surface area contributed by atoms with Gasteiger partial charge < -0.3 is 14.5 Å². The molecular weight excluding hydrogens is 382 g/mol. The van der Waals surface area contributed by atoms with Crippen LogP contribution in [0.2, 0.25) is 0 Å². The van der Waals surface area contributed by atoms with E-state index in [1.807, 2.05) is 0 Å². The number of hydrogen-bond acceptors (Lipinski definition) is 8. The van der Waals surface area contributed by atoms with Crippen LogP contribution in [-0.2, 0) is 27.2 Å². The number of ether oxygens (including phenoxy) is 1. The van der Waals surface area contributed by atoms with Gasteiger partial charge in [-0.1, -0.05) is 6.08 Å². The lowest BCUT2D eigenvalue weighted by Crippen LogP contribution is -2.33. The Bertz CT molecular complexity index is 874. The summed E-state index contributed by atoms with van der Waals surface area (Å²) in [4.78, 5) is 43.6. The number of nitrogens with one attached hydrogen (secondary N) is 1. The van der Waals surface area contributed by atoms with E-state index in [1.165, 1.54) is 25.3 Å². The highest BCUT2D eigenvalue weighted by Crippen LogP contribution is 2.60. The molecule has 0 aliphatic carbocycles. The maximum atomic E-state index is 11.8. The Labute approximate surface area is 140 Å². The maximum absolute atomic E-state index is 11.8. The van der Waals surface area contributed by atoms with Crippen LogP contribution < -0.4 is 11.2 Å². The first-order valence-electron chi connectivity index (χ1n) is 6.76. The van der Waals surface area contributed by atoms with Gasteiger partial charge in [0.15, 0.2) is 6.23 Å². The van der Waals surface area contributed by atoms with E-state index >= 15 is 0 Å². The zero-order valence-electron chi connectivity index (χ0n) is 13.1. The molecule has 2 rings (SSSR count). The van der Waals surface area contributed by atoms with E-state index in [-0.39, 0.29) is 0 Å². The molecule has 0 fully saturated rings. The summed E-state index contributed by atoms with van der Waals surface area (Å²) in [5.41, 5.74) is -0.917. The SMILES string of the molecule is COP(=O)(O)OP(=O)(O)OC[C@@H]1C=C[C@H](n2cc(C)c(=O)[nH]c2=O)O1. The van der Waals surface area contributed by atoms with Crippen molar-refractivity contribution in [3.8, 4) is 0 Å². The fourth-order valence-electron chi connectivity index (χ4n) is 1.87. The van der Waals surface area contributed by atoms with Gasteiger partial charge in [-0.05, 0) is 13.0 Å². The van der Waals surface area contributed by atoms with Gasteiger partial charge in [0.2, 0.25) is 0 Å². The Kier molecular flexibility index (Phi) is 5.97. The first-order chi connectivity index (χ1) is 11.5. The minimum Gasteiger partial charge on any atom is -0.344 e. The normalized spacial score (nSPS) is 24.8. The molecule has 0 amide bonds. The molecule has 140 valence electrons. The van der Waals surface area contributed by atoms with Crippen molar-refractivity contribution in [3.05, 3.63) is 44.8 Å². The summed E-state index contributed by atoms with van der Waals surface area (Å²) in [7, 11) is -8.76. The lowest BCUT2D eigenvalue weighted by Gasteiger charge is -2.18. The van der Waals surface area contributed by atoms with Gasteiger partial charge in [0.05, 0.1) is 6.61 Å². The van der Waals surface area contributed by atoms with Crippen molar-refractivity contribution in [1.82, 2.24) is 9.55 Å². The average molecular weight is 398 g/mol. The quantitative estimate of drug-likeness (QED) is 0.426. The molecule has 3 N–H and O–H groups in total. The Morgan fingerprint density at radius 3 is 2.60 bits per heavy atom. The lowest BCUT2D eigenvalue weighted by atomic mass is 10.3. The van der Waals surface area contributed by atoms with Crippen LogP contribution >= 0.6 is 15.6 Å². The van der Waals surface area contributed by atoms with Crippen LogP contribution in [0.5, 0.6) is 0 Å².